The Bertz CT molecular complexity index is 627. The van der Waals surface area contributed by atoms with E-state index in [-0.39, 0.29) is 10.6 Å². The number of halogens is 4. The summed E-state index contributed by atoms with van der Waals surface area (Å²) >= 11 is 5.98. The van der Waals surface area contributed by atoms with Crippen molar-refractivity contribution < 1.29 is 23.0 Å². The number of ether oxygens (including phenoxy) is 1. The van der Waals surface area contributed by atoms with Gasteiger partial charge in [0.2, 0.25) is 0 Å². The molecule has 0 spiro atoms. The highest BCUT2D eigenvalue weighted by molar-refractivity contribution is 6.33. The van der Waals surface area contributed by atoms with Crippen LogP contribution < -0.4 is 4.74 Å². The lowest BCUT2D eigenvalue weighted by molar-refractivity contribution is -0.138. The molecule has 0 bridgehead atoms. The van der Waals surface area contributed by atoms with E-state index in [1.54, 1.807) is 30.3 Å². The van der Waals surface area contributed by atoms with Gasteiger partial charge in [0, 0.05) is 5.56 Å². The van der Waals surface area contributed by atoms with Crippen molar-refractivity contribution in [2.24, 2.45) is 0 Å². The van der Waals surface area contributed by atoms with Crippen molar-refractivity contribution in [2.75, 3.05) is 7.11 Å². The summed E-state index contributed by atoms with van der Waals surface area (Å²) in [5.41, 5.74) is -0.284. The quantitative estimate of drug-likeness (QED) is 0.906. The highest BCUT2D eigenvalue weighted by Gasteiger charge is 2.36. The summed E-state index contributed by atoms with van der Waals surface area (Å²) in [5, 5.41) is 10.0. The zero-order chi connectivity index (χ0) is 15.6. The first-order valence-electron chi connectivity index (χ1n) is 6.03. The van der Waals surface area contributed by atoms with E-state index in [4.69, 9.17) is 16.3 Å². The maximum atomic E-state index is 12.9. The lowest BCUT2D eigenvalue weighted by Gasteiger charge is -2.18. The number of rotatable bonds is 3. The molecule has 0 aliphatic rings. The van der Waals surface area contributed by atoms with Crippen LogP contribution in [0.25, 0.3) is 0 Å². The van der Waals surface area contributed by atoms with E-state index in [2.05, 4.69) is 0 Å². The Hall–Kier alpha value is -1.72. The molecule has 0 saturated heterocycles. The van der Waals surface area contributed by atoms with Crippen molar-refractivity contribution >= 4 is 11.6 Å². The molecule has 2 aromatic rings. The number of aliphatic hydroxyl groups is 1. The smallest absolute Gasteiger partial charge is 0.420 e. The molecule has 0 saturated carbocycles. The molecule has 2 nitrogen and oxygen atoms in total. The molecular formula is C15H12ClF3O2. The van der Waals surface area contributed by atoms with Crippen molar-refractivity contribution in [3.05, 3.63) is 64.2 Å². The van der Waals surface area contributed by atoms with Crippen LogP contribution in [0, 0.1) is 0 Å². The van der Waals surface area contributed by atoms with E-state index < -0.39 is 23.6 Å². The number of methoxy groups -OCH3 is 1. The van der Waals surface area contributed by atoms with Crippen LogP contribution in [-0.2, 0) is 6.18 Å². The van der Waals surface area contributed by atoms with E-state index in [1.165, 1.54) is 0 Å². The second-order valence-electron chi connectivity index (χ2n) is 4.36. The van der Waals surface area contributed by atoms with E-state index in [0.717, 1.165) is 19.2 Å². The monoisotopic (exact) mass is 316 g/mol. The minimum absolute atomic E-state index is 0.160. The number of hydrogen-bond acceptors (Lipinski definition) is 2. The molecule has 0 aliphatic heterocycles. The van der Waals surface area contributed by atoms with Crippen molar-refractivity contribution in [1.29, 1.82) is 0 Å². The number of hydrogen-bond donors (Lipinski definition) is 1. The topological polar surface area (TPSA) is 29.5 Å². The second-order valence-corrected chi connectivity index (χ2v) is 4.74. The Morgan fingerprint density at radius 2 is 1.71 bits per heavy atom. The fraction of sp³-hybridized carbons (Fsp3) is 0.200. The van der Waals surface area contributed by atoms with E-state index in [1.807, 2.05) is 0 Å². The zero-order valence-electron chi connectivity index (χ0n) is 11.0. The molecule has 112 valence electrons. The van der Waals surface area contributed by atoms with Crippen LogP contribution in [-0.4, -0.2) is 12.2 Å². The van der Waals surface area contributed by atoms with Gasteiger partial charge in [0.05, 0.1) is 17.7 Å². The SMILES string of the molecule is COc1c(C(F)(F)F)ccc(C(O)c2ccccc2)c1Cl. The van der Waals surface area contributed by atoms with Gasteiger partial charge < -0.3 is 9.84 Å². The summed E-state index contributed by atoms with van der Waals surface area (Å²) < 4.78 is 43.4. The predicted molar refractivity (Wildman–Crippen MR) is 73.5 cm³/mol. The number of aliphatic hydroxyl groups excluding tert-OH is 1. The van der Waals surface area contributed by atoms with Gasteiger partial charge in [-0.2, -0.15) is 13.2 Å². The van der Waals surface area contributed by atoms with Gasteiger partial charge in [-0.1, -0.05) is 48.0 Å². The molecule has 0 heterocycles. The van der Waals surface area contributed by atoms with Gasteiger partial charge in [-0.05, 0) is 11.6 Å². The fourth-order valence-corrected chi connectivity index (χ4v) is 2.37. The van der Waals surface area contributed by atoms with Gasteiger partial charge in [0.25, 0.3) is 0 Å². The average Bonchev–Trinajstić information content (AvgIpc) is 2.46. The van der Waals surface area contributed by atoms with Crippen LogP contribution in [0.5, 0.6) is 5.75 Å². The Balaban J connectivity index is 2.52. The molecule has 2 aromatic carbocycles. The van der Waals surface area contributed by atoms with Crippen LogP contribution in [0.1, 0.15) is 22.8 Å². The Morgan fingerprint density at radius 1 is 1.10 bits per heavy atom. The fourth-order valence-electron chi connectivity index (χ4n) is 2.02. The average molecular weight is 317 g/mol. The molecule has 6 heteroatoms. The molecule has 0 aliphatic carbocycles. The summed E-state index contributed by atoms with van der Waals surface area (Å²) in [4.78, 5) is 0. The molecule has 0 radical (unpaired) electrons. The second kappa shape index (κ2) is 5.95. The van der Waals surface area contributed by atoms with Crippen LogP contribution in [0.15, 0.2) is 42.5 Å². The van der Waals surface area contributed by atoms with E-state index >= 15 is 0 Å². The highest BCUT2D eigenvalue weighted by Crippen LogP contribution is 2.43. The molecular weight excluding hydrogens is 305 g/mol. The summed E-state index contributed by atoms with van der Waals surface area (Å²) in [7, 11) is 1.11. The van der Waals surface area contributed by atoms with Crippen molar-refractivity contribution in [3.63, 3.8) is 0 Å². The normalized spacial score (nSPS) is 13.0. The Kier molecular flexibility index (Phi) is 4.44. The minimum atomic E-state index is -4.58. The molecule has 2 rings (SSSR count). The molecule has 21 heavy (non-hydrogen) atoms. The lowest BCUT2D eigenvalue weighted by Crippen LogP contribution is -2.10. The predicted octanol–water partition coefficient (Wildman–Crippen LogP) is 4.45. The van der Waals surface area contributed by atoms with Crippen LogP contribution in [0.3, 0.4) is 0 Å². The van der Waals surface area contributed by atoms with E-state index in [9.17, 15) is 18.3 Å². The molecule has 1 N–H and O–H groups in total. The third-order valence-corrected chi connectivity index (χ3v) is 3.44. The summed E-state index contributed by atoms with van der Waals surface area (Å²) in [6, 6.07) is 10.5. The summed E-state index contributed by atoms with van der Waals surface area (Å²) in [6.45, 7) is 0. The lowest BCUT2D eigenvalue weighted by atomic mass is 9.99. The summed E-state index contributed by atoms with van der Waals surface area (Å²) in [6.07, 6.45) is -5.71. The van der Waals surface area contributed by atoms with Crippen LogP contribution in [0.4, 0.5) is 13.2 Å². The van der Waals surface area contributed by atoms with Crippen LogP contribution >= 0.6 is 11.6 Å². The highest BCUT2D eigenvalue weighted by atomic mass is 35.5. The maximum Gasteiger partial charge on any atom is 0.420 e. The van der Waals surface area contributed by atoms with Gasteiger partial charge in [0.1, 0.15) is 11.9 Å². The maximum absolute atomic E-state index is 12.9. The van der Waals surface area contributed by atoms with Gasteiger partial charge in [-0.3, -0.25) is 0 Å². The zero-order valence-corrected chi connectivity index (χ0v) is 11.7. The molecule has 0 fully saturated rings. The Morgan fingerprint density at radius 3 is 2.24 bits per heavy atom. The Labute approximate surface area is 124 Å². The van der Waals surface area contributed by atoms with Crippen molar-refractivity contribution in [1.82, 2.24) is 0 Å². The third-order valence-electron chi connectivity index (χ3n) is 3.05. The van der Waals surface area contributed by atoms with Crippen LogP contribution in [0.2, 0.25) is 5.02 Å². The largest absolute Gasteiger partial charge is 0.495 e. The third kappa shape index (κ3) is 3.14. The summed E-state index contributed by atoms with van der Waals surface area (Å²) in [5.74, 6) is -0.489. The van der Waals surface area contributed by atoms with Gasteiger partial charge in [-0.15, -0.1) is 0 Å². The molecule has 0 amide bonds. The van der Waals surface area contributed by atoms with E-state index in [0.29, 0.717) is 5.56 Å². The van der Waals surface area contributed by atoms with Gasteiger partial charge in [-0.25, -0.2) is 0 Å². The van der Waals surface area contributed by atoms with Crippen molar-refractivity contribution in [3.8, 4) is 5.75 Å². The minimum Gasteiger partial charge on any atom is -0.495 e. The number of alkyl halides is 3. The first kappa shape index (κ1) is 15.7. The standard InChI is InChI=1S/C15H12ClF3O2/c1-21-14-11(15(17,18)19)8-7-10(12(14)16)13(20)9-5-3-2-4-6-9/h2-8,13,20H,1H3. The first-order valence-corrected chi connectivity index (χ1v) is 6.40. The van der Waals surface area contributed by atoms with Crippen molar-refractivity contribution in [2.45, 2.75) is 12.3 Å². The van der Waals surface area contributed by atoms with Gasteiger partial charge in [0.15, 0.2) is 0 Å². The van der Waals surface area contributed by atoms with Gasteiger partial charge >= 0.3 is 6.18 Å². The molecule has 1 atom stereocenters. The molecule has 1 unspecified atom stereocenters. The first-order chi connectivity index (χ1) is 9.86. The molecule has 0 aromatic heterocycles. The number of benzene rings is 2.